The number of hydrogen-bond donors (Lipinski definition) is 2. The van der Waals surface area contributed by atoms with Gasteiger partial charge in [-0.25, -0.2) is 14.5 Å². The van der Waals surface area contributed by atoms with E-state index < -0.39 is 5.91 Å². The number of benzene rings is 1. The topological polar surface area (TPSA) is 107 Å². The summed E-state index contributed by atoms with van der Waals surface area (Å²) < 4.78 is 7.36. The molecule has 4 aromatic rings. The Morgan fingerprint density at radius 2 is 2.00 bits per heavy atom. The van der Waals surface area contributed by atoms with Gasteiger partial charge in [-0.3, -0.25) is 4.79 Å². The van der Waals surface area contributed by atoms with E-state index in [1.165, 1.54) is 0 Å². The van der Waals surface area contributed by atoms with Crippen LogP contribution in [0.5, 0.6) is 0 Å². The van der Waals surface area contributed by atoms with Gasteiger partial charge in [-0.15, -0.1) is 0 Å². The number of aromatic nitrogens is 4. The molecule has 162 valence electrons. The van der Waals surface area contributed by atoms with Gasteiger partial charge in [-0.1, -0.05) is 36.4 Å². The van der Waals surface area contributed by atoms with E-state index in [1.807, 2.05) is 31.2 Å². The highest BCUT2D eigenvalue weighted by Crippen LogP contribution is 2.31. The second kappa shape index (κ2) is 8.39. The summed E-state index contributed by atoms with van der Waals surface area (Å²) in [5.74, 6) is 0.811. The van der Waals surface area contributed by atoms with E-state index in [2.05, 4.69) is 22.5 Å². The zero-order valence-corrected chi connectivity index (χ0v) is 17.8. The molecule has 0 aliphatic carbocycles. The quantitative estimate of drug-likeness (QED) is 0.505. The van der Waals surface area contributed by atoms with E-state index in [-0.39, 0.29) is 0 Å². The molecule has 0 bridgehead atoms. The number of carbonyl (C=O) groups is 1. The lowest BCUT2D eigenvalue weighted by molar-refractivity contribution is 0.0993. The van der Waals surface area contributed by atoms with Gasteiger partial charge in [0.25, 0.3) is 5.91 Å². The number of nitrogens with zero attached hydrogens (tertiary/aromatic N) is 4. The molecule has 0 unspecified atom stereocenters. The molecule has 1 aliphatic heterocycles. The fourth-order valence-corrected chi connectivity index (χ4v) is 4.09. The molecule has 5 rings (SSSR count). The standard InChI is InChI=1S/C24H24N6O2/c1-15-21(19-10-5-11-20(22(25)31)30(19)29-15)24-27-18-9-6-12-32-14-17(18)23(28-24)26-13-16-7-3-2-4-8-16/h2-5,7-8,10-11H,6,9,12-14H2,1H3,(H2,25,31)(H,26,27,28). The zero-order valence-electron chi connectivity index (χ0n) is 17.8. The minimum atomic E-state index is -0.533. The second-order valence-electron chi connectivity index (χ2n) is 7.85. The highest BCUT2D eigenvalue weighted by atomic mass is 16.5. The minimum absolute atomic E-state index is 0.322. The fourth-order valence-electron chi connectivity index (χ4n) is 4.09. The maximum absolute atomic E-state index is 11.9. The number of anilines is 1. The number of hydrogen-bond acceptors (Lipinski definition) is 6. The lowest BCUT2D eigenvalue weighted by Crippen LogP contribution is -2.16. The number of fused-ring (bicyclic) bond motifs is 2. The number of pyridine rings is 1. The van der Waals surface area contributed by atoms with E-state index in [0.717, 1.165) is 52.3 Å². The van der Waals surface area contributed by atoms with E-state index in [1.54, 1.807) is 16.6 Å². The van der Waals surface area contributed by atoms with E-state index in [4.69, 9.17) is 20.4 Å². The van der Waals surface area contributed by atoms with Gasteiger partial charge in [0.15, 0.2) is 5.82 Å². The van der Waals surface area contributed by atoms with Crippen LogP contribution in [-0.4, -0.2) is 32.1 Å². The van der Waals surface area contributed by atoms with Crippen LogP contribution >= 0.6 is 0 Å². The summed E-state index contributed by atoms with van der Waals surface area (Å²) in [6.07, 6.45) is 1.72. The Morgan fingerprint density at radius 3 is 2.81 bits per heavy atom. The number of carbonyl (C=O) groups excluding carboxylic acids is 1. The molecule has 0 fully saturated rings. The van der Waals surface area contributed by atoms with Gasteiger partial charge in [-0.2, -0.15) is 5.10 Å². The molecule has 32 heavy (non-hydrogen) atoms. The van der Waals surface area contributed by atoms with Crippen LogP contribution in [0.2, 0.25) is 0 Å². The Balaban J connectivity index is 1.63. The van der Waals surface area contributed by atoms with Crippen molar-refractivity contribution in [2.24, 2.45) is 5.73 Å². The Hall–Kier alpha value is -3.78. The molecule has 1 aromatic carbocycles. The van der Waals surface area contributed by atoms with Crippen LogP contribution in [0.15, 0.2) is 48.5 Å². The van der Waals surface area contributed by atoms with Gasteiger partial charge in [0.05, 0.1) is 29.1 Å². The van der Waals surface area contributed by atoms with Crippen molar-refractivity contribution in [1.82, 2.24) is 19.6 Å². The summed E-state index contributed by atoms with van der Waals surface area (Å²) in [6, 6.07) is 15.5. The number of primary amides is 1. The third-order valence-electron chi connectivity index (χ3n) is 5.65. The molecule has 8 heteroatoms. The summed E-state index contributed by atoms with van der Waals surface area (Å²) in [5, 5.41) is 8.04. The molecule has 4 heterocycles. The molecule has 1 amide bonds. The van der Waals surface area contributed by atoms with Crippen LogP contribution in [-0.2, 0) is 24.3 Å². The SMILES string of the molecule is Cc1nn2c(C(N)=O)cccc2c1-c1nc2c(c(NCc3ccccc3)n1)COCCC2. The summed E-state index contributed by atoms with van der Waals surface area (Å²) >= 11 is 0. The van der Waals surface area contributed by atoms with E-state index in [9.17, 15) is 4.79 Å². The first kappa shape index (κ1) is 20.1. The van der Waals surface area contributed by atoms with Crippen LogP contribution in [0.4, 0.5) is 5.82 Å². The molecular formula is C24H24N6O2. The maximum Gasteiger partial charge on any atom is 0.267 e. The molecule has 0 spiro atoms. The number of rotatable bonds is 5. The molecule has 1 aliphatic rings. The smallest absolute Gasteiger partial charge is 0.267 e. The maximum atomic E-state index is 11.9. The fraction of sp³-hybridized carbons (Fsp3) is 0.250. The largest absolute Gasteiger partial charge is 0.377 e. The summed E-state index contributed by atoms with van der Waals surface area (Å²) in [6.45, 7) is 3.71. The van der Waals surface area contributed by atoms with Gasteiger partial charge >= 0.3 is 0 Å². The van der Waals surface area contributed by atoms with Crippen molar-refractivity contribution in [3.63, 3.8) is 0 Å². The predicted octanol–water partition coefficient (Wildman–Crippen LogP) is 3.27. The number of aryl methyl sites for hydroxylation is 2. The highest BCUT2D eigenvalue weighted by Gasteiger charge is 2.22. The Labute approximate surface area is 185 Å². The monoisotopic (exact) mass is 428 g/mol. The third kappa shape index (κ3) is 3.69. The molecule has 0 saturated heterocycles. The number of amides is 1. The van der Waals surface area contributed by atoms with Crippen molar-refractivity contribution >= 4 is 17.2 Å². The van der Waals surface area contributed by atoms with Gasteiger partial charge in [0.1, 0.15) is 11.5 Å². The third-order valence-corrected chi connectivity index (χ3v) is 5.65. The van der Waals surface area contributed by atoms with Gasteiger partial charge in [-0.05, 0) is 37.5 Å². The highest BCUT2D eigenvalue weighted by molar-refractivity contribution is 5.93. The number of ether oxygens (including phenoxy) is 1. The van der Waals surface area contributed by atoms with E-state index >= 15 is 0 Å². The summed E-state index contributed by atoms with van der Waals surface area (Å²) in [7, 11) is 0. The lowest BCUT2D eigenvalue weighted by Gasteiger charge is -2.15. The van der Waals surface area contributed by atoms with Crippen molar-refractivity contribution < 1.29 is 9.53 Å². The van der Waals surface area contributed by atoms with Crippen LogP contribution in [0.3, 0.4) is 0 Å². The molecule has 0 saturated carbocycles. The van der Waals surface area contributed by atoms with Gasteiger partial charge < -0.3 is 15.8 Å². The Bertz CT molecular complexity index is 1300. The van der Waals surface area contributed by atoms with Crippen molar-refractivity contribution in [3.05, 3.63) is 76.7 Å². The van der Waals surface area contributed by atoms with Gasteiger partial charge in [0.2, 0.25) is 0 Å². The average molecular weight is 428 g/mol. The summed E-state index contributed by atoms with van der Waals surface area (Å²) in [4.78, 5) is 21.7. The van der Waals surface area contributed by atoms with Crippen LogP contribution in [0.25, 0.3) is 16.9 Å². The van der Waals surface area contributed by atoms with Crippen molar-refractivity contribution in [2.45, 2.75) is 32.9 Å². The van der Waals surface area contributed by atoms with Crippen LogP contribution < -0.4 is 11.1 Å². The number of nitrogens with two attached hydrogens (primary N) is 1. The van der Waals surface area contributed by atoms with Crippen LogP contribution in [0.1, 0.15) is 39.4 Å². The zero-order chi connectivity index (χ0) is 22.1. The first-order valence-corrected chi connectivity index (χ1v) is 10.7. The minimum Gasteiger partial charge on any atom is -0.377 e. The predicted molar refractivity (Wildman–Crippen MR) is 121 cm³/mol. The molecule has 8 nitrogen and oxygen atoms in total. The van der Waals surface area contributed by atoms with Crippen molar-refractivity contribution in [1.29, 1.82) is 0 Å². The Morgan fingerprint density at radius 1 is 1.16 bits per heavy atom. The average Bonchev–Trinajstić information content (AvgIpc) is 2.96. The molecule has 3 aromatic heterocycles. The number of nitrogens with one attached hydrogen (secondary N) is 1. The van der Waals surface area contributed by atoms with E-state index in [0.29, 0.717) is 31.3 Å². The van der Waals surface area contributed by atoms with Crippen LogP contribution in [0, 0.1) is 6.92 Å². The normalized spacial score (nSPS) is 13.5. The Kier molecular flexibility index (Phi) is 5.28. The van der Waals surface area contributed by atoms with Crippen molar-refractivity contribution in [3.8, 4) is 11.4 Å². The summed E-state index contributed by atoms with van der Waals surface area (Å²) in [5.41, 5.74) is 11.3. The molecule has 0 atom stereocenters. The molecule has 0 radical (unpaired) electrons. The first-order chi connectivity index (χ1) is 15.6. The molecular weight excluding hydrogens is 404 g/mol. The molecule has 3 N–H and O–H groups in total. The van der Waals surface area contributed by atoms with Crippen molar-refractivity contribution in [2.75, 3.05) is 11.9 Å². The van der Waals surface area contributed by atoms with Gasteiger partial charge in [0, 0.05) is 18.7 Å². The lowest BCUT2D eigenvalue weighted by atomic mass is 10.1. The first-order valence-electron chi connectivity index (χ1n) is 10.7. The second-order valence-corrected chi connectivity index (χ2v) is 7.85.